The monoisotopic (exact) mass is 545 g/mol. The fourth-order valence-electron chi connectivity index (χ4n) is 3.45. The summed E-state index contributed by atoms with van der Waals surface area (Å²) in [6.45, 7) is 5.26. The Kier molecular flexibility index (Phi) is 10.4. The highest BCUT2D eigenvalue weighted by molar-refractivity contribution is 7.92. The van der Waals surface area contributed by atoms with Gasteiger partial charge in [-0.15, -0.1) is 0 Å². The van der Waals surface area contributed by atoms with Gasteiger partial charge in [-0.1, -0.05) is 29.3 Å². The van der Waals surface area contributed by atoms with E-state index >= 15 is 0 Å². The molecule has 0 aliphatic rings. The Hall–Kier alpha value is -2.36. The molecule has 0 aromatic heterocycles. The van der Waals surface area contributed by atoms with Crippen LogP contribution in [0.3, 0.4) is 0 Å². The second-order valence-corrected chi connectivity index (χ2v) is 11.2. The molecule has 0 aliphatic heterocycles. The Balaban J connectivity index is 2.22. The van der Waals surface area contributed by atoms with E-state index in [4.69, 9.17) is 23.2 Å². The highest BCUT2D eigenvalue weighted by Crippen LogP contribution is 2.27. The van der Waals surface area contributed by atoms with Gasteiger partial charge in [0.25, 0.3) is 0 Å². The Bertz CT molecular complexity index is 1120. The second kappa shape index (κ2) is 12.6. The van der Waals surface area contributed by atoms with E-state index in [1.54, 1.807) is 25.1 Å². The standard InChI is InChI=1S/C24H30Cl2FN3O4S/c1-16(2)28-24(32)17(3)29(15-20-21(25)7-5-8-22(20)26)23(31)9-6-14-30(35(4,33)34)19-12-10-18(27)11-13-19/h5,7-8,10-13,16-17H,6,9,14-15H2,1-4H3,(H,28,32). The normalized spacial score (nSPS) is 12.3. The molecule has 11 heteroatoms. The predicted octanol–water partition coefficient (Wildman–Crippen LogP) is 4.62. The maximum atomic E-state index is 13.3. The molecule has 1 N–H and O–H groups in total. The van der Waals surface area contributed by atoms with Gasteiger partial charge in [-0.3, -0.25) is 13.9 Å². The molecule has 0 saturated heterocycles. The minimum atomic E-state index is -3.67. The molecular weight excluding hydrogens is 516 g/mol. The summed E-state index contributed by atoms with van der Waals surface area (Å²) >= 11 is 12.6. The van der Waals surface area contributed by atoms with Crippen molar-refractivity contribution in [1.82, 2.24) is 10.2 Å². The van der Waals surface area contributed by atoms with Crippen LogP contribution in [-0.4, -0.2) is 50.0 Å². The van der Waals surface area contributed by atoms with Crippen molar-refractivity contribution in [3.63, 3.8) is 0 Å². The summed E-state index contributed by atoms with van der Waals surface area (Å²) in [5.74, 6) is -1.18. The number of anilines is 1. The average Bonchev–Trinajstić information content (AvgIpc) is 2.75. The zero-order chi connectivity index (χ0) is 26.3. The van der Waals surface area contributed by atoms with Crippen molar-refractivity contribution in [1.29, 1.82) is 0 Å². The van der Waals surface area contributed by atoms with Crippen LogP contribution in [0.5, 0.6) is 0 Å². The summed E-state index contributed by atoms with van der Waals surface area (Å²) in [5.41, 5.74) is 0.809. The summed E-state index contributed by atoms with van der Waals surface area (Å²) in [4.78, 5) is 27.3. The van der Waals surface area contributed by atoms with Crippen LogP contribution in [0.2, 0.25) is 10.0 Å². The molecule has 2 amide bonds. The molecule has 1 atom stereocenters. The average molecular weight is 546 g/mol. The number of hydrogen-bond donors (Lipinski definition) is 1. The number of halogens is 3. The van der Waals surface area contributed by atoms with Gasteiger partial charge in [0.15, 0.2) is 0 Å². The van der Waals surface area contributed by atoms with E-state index < -0.39 is 21.9 Å². The van der Waals surface area contributed by atoms with E-state index in [9.17, 15) is 22.4 Å². The van der Waals surface area contributed by atoms with Gasteiger partial charge in [-0.05, 0) is 63.6 Å². The molecule has 192 valence electrons. The van der Waals surface area contributed by atoms with Crippen molar-refractivity contribution in [3.8, 4) is 0 Å². The molecule has 2 aromatic rings. The molecule has 35 heavy (non-hydrogen) atoms. The lowest BCUT2D eigenvalue weighted by Crippen LogP contribution is -2.49. The third-order valence-electron chi connectivity index (χ3n) is 5.26. The lowest BCUT2D eigenvalue weighted by atomic mass is 10.1. The van der Waals surface area contributed by atoms with Gasteiger partial charge in [0.2, 0.25) is 21.8 Å². The van der Waals surface area contributed by atoms with Crippen molar-refractivity contribution >= 4 is 50.7 Å². The van der Waals surface area contributed by atoms with Crippen LogP contribution in [0.1, 0.15) is 39.2 Å². The number of carbonyl (C=O) groups excluding carboxylic acids is 2. The van der Waals surface area contributed by atoms with Crippen molar-refractivity contribution in [2.75, 3.05) is 17.1 Å². The first-order valence-corrected chi connectivity index (χ1v) is 13.7. The summed E-state index contributed by atoms with van der Waals surface area (Å²) < 4.78 is 39.0. The van der Waals surface area contributed by atoms with Crippen molar-refractivity contribution < 1.29 is 22.4 Å². The first kappa shape index (κ1) is 28.9. The van der Waals surface area contributed by atoms with Gasteiger partial charge in [0, 0.05) is 41.2 Å². The maximum absolute atomic E-state index is 13.3. The second-order valence-electron chi connectivity index (χ2n) is 8.48. The maximum Gasteiger partial charge on any atom is 0.242 e. The highest BCUT2D eigenvalue weighted by Gasteiger charge is 2.28. The zero-order valence-electron chi connectivity index (χ0n) is 20.1. The van der Waals surface area contributed by atoms with E-state index in [1.807, 2.05) is 13.8 Å². The molecular formula is C24H30Cl2FN3O4S. The molecule has 2 rings (SSSR count). The SMILES string of the molecule is CC(C)NC(=O)C(C)N(Cc1c(Cl)cccc1Cl)C(=O)CCCN(c1ccc(F)cc1)S(C)(=O)=O. The van der Waals surface area contributed by atoms with Gasteiger partial charge in [-0.25, -0.2) is 12.8 Å². The van der Waals surface area contributed by atoms with E-state index in [0.717, 1.165) is 10.6 Å². The molecule has 0 heterocycles. The van der Waals surface area contributed by atoms with Crippen LogP contribution in [0.4, 0.5) is 10.1 Å². The molecule has 7 nitrogen and oxygen atoms in total. The number of nitrogens with one attached hydrogen (secondary N) is 1. The molecule has 0 saturated carbocycles. The number of hydrogen-bond acceptors (Lipinski definition) is 4. The van der Waals surface area contributed by atoms with Crippen molar-refractivity contribution in [2.24, 2.45) is 0 Å². The third kappa shape index (κ3) is 8.37. The number of carbonyl (C=O) groups is 2. The summed E-state index contributed by atoms with van der Waals surface area (Å²) in [7, 11) is -3.67. The lowest BCUT2D eigenvalue weighted by Gasteiger charge is -2.30. The quantitative estimate of drug-likeness (QED) is 0.446. The minimum Gasteiger partial charge on any atom is -0.352 e. The number of nitrogens with zero attached hydrogens (tertiary/aromatic N) is 2. The van der Waals surface area contributed by atoms with E-state index in [2.05, 4.69) is 5.32 Å². The summed E-state index contributed by atoms with van der Waals surface area (Å²) in [5, 5.41) is 3.53. The van der Waals surface area contributed by atoms with Crippen LogP contribution in [0.25, 0.3) is 0 Å². The van der Waals surface area contributed by atoms with Gasteiger partial charge in [0.05, 0.1) is 11.9 Å². The van der Waals surface area contributed by atoms with Crippen LogP contribution < -0.4 is 9.62 Å². The number of benzene rings is 2. The van der Waals surface area contributed by atoms with Crippen LogP contribution in [-0.2, 0) is 26.2 Å². The first-order valence-electron chi connectivity index (χ1n) is 11.1. The molecule has 0 spiro atoms. The van der Waals surface area contributed by atoms with E-state index in [1.165, 1.54) is 29.2 Å². The summed E-state index contributed by atoms with van der Waals surface area (Å²) in [6, 6.07) is 9.11. The van der Waals surface area contributed by atoms with Crippen LogP contribution >= 0.6 is 23.2 Å². The largest absolute Gasteiger partial charge is 0.352 e. The zero-order valence-corrected chi connectivity index (χ0v) is 22.4. The molecule has 0 bridgehead atoms. The van der Waals surface area contributed by atoms with Gasteiger partial charge >= 0.3 is 0 Å². The molecule has 0 aliphatic carbocycles. The van der Waals surface area contributed by atoms with Gasteiger partial charge in [-0.2, -0.15) is 0 Å². The number of amides is 2. The Morgan fingerprint density at radius 2 is 1.60 bits per heavy atom. The van der Waals surface area contributed by atoms with E-state index in [-0.39, 0.29) is 43.8 Å². The van der Waals surface area contributed by atoms with Gasteiger partial charge in [0.1, 0.15) is 11.9 Å². The molecule has 1 unspecified atom stereocenters. The Morgan fingerprint density at radius 1 is 1.03 bits per heavy atom. The smallest absolute Gasteiger partial charge is 0.242 e. The highest BCUT2D eigenvalue weighted by atomic mass is 35.5. The van der Waals surface area contributed by atoms with E-state index in [0.29, 0.717) is 21.3 Å². The van der Waals surface area contributed by atoms with Crippen LogP contribution in [0.15, 0.2) is 42.5 Å². The third-order valence-corrected chi connectivity index (χ3v) is 7.16. The Labute approximate surface area is 216 Å². The lowest BCUT2D eigenvalue weighted by molar-refractivity contribution is -0.140. The molecule has 0 fully saturated rings. The fourth-order valence-corrected chi connectivity index (χ4v) is 4.94. The molecule has 2 aromatic carbocycles. The fraction of sp³-hybridized carbons (Fsp3) is 0.417. The van der Waals surface area contributed by atoms with Crippen molar-refractivity contribution in [3.05, 3.63) is 63.9 Å². The van der Waals surface area contributed by atoms with Crippen LogP contribution in [0, 0.1) is 5.82 Å². The topological polar surface area (TPSA) is 86.8 Å². The predicted molar refractivity (Wildman–Crippen MR) is 138 cm³/mol. The summed E-state index contributed by atoms with van der Waals surface area (Å²) in [6.07, 6.45) is 1.19. The minimum absolute atomic E-state index is 0.00344. The Morgan fingerprint density at radius 3 is 2.11 bits per heavy atom. The first-order chi connectivity index (χ1) is 16.3. The number of sulfonamides is 1. The van der Waals surface area contributed by atoms with Gasteiger partial charge < -0.3 is 10.2 Å². The molecule has 0 radical (unpaired) electrons. The van der Waals surface area contributed by atoms with Crippen molar-refractivity contribution in [2.45, 2.75) is 52.2 Å². The number of rotatable bonds is 11.